The van der Waals surface area contributed by atoms with E-state index in [2.05, 4.69) is 35.2 Å². The normalized spacial score (nSPS) is 13.2. The summed E-state index contributed by atoms with van der Waals surface area (Å²) in [6, 6.07) is 14.9. The minimum absolute atomic E-state index is 0.651. The zero-order valence-corrected chi connectivity index (χ0v) is 13.2. The summed E-state index contributed by atoms with van der Waals surface area (Å²) < 4.78 is 5.48. The highest BCUT2D eigenvalue weighted by Gasteiger charge is 2.17. The van der Waals surface area contributed by atoms with Crippen molar-refractivity contribution in [3.05, 3.63) is 53.6 Å². The molecular weight excluding hydrogens is 272 g/mol. The number of fused-ring (bicyclic) bond motifs is 1. The molecule has 0 radical (unpaired) electrons. The lowest BCUT2D eigenvalue weighted by molar-refractivity contribution is 0.342. The van der Waals surface area contributed by atoms with Gasteiger partial charge in [-0.05, 0) is 55.5 Å². The van der Waals surface area contributed by atoms with Gasteiger partial charge in [0.25, 0.3) is 0 Å². The monoisotopic (exact) mass is 296 g/mol. The number of nitrogens with zero attached hydrogens (tertiary/aromatic N) is 1. The maximum absolute atomic E-state index is 6.03. The topological polar surface area (TPSA) is 38.5 Å². The lowest BCUT2D eigenvalue weighted by Gasteiger charge is -2.19. The summed E-state index contributed by atoms with van der Waals surface area (Å²) in [6.45, 7) is 4.87. The van der Waals surface area contributed by atoms with E-state index in [0.717, 1.165) is 37.4 Å². The van der Waals surface area contributed by atoms with Crippen LogP contribution in [0.4, 0.5) is 11.4 Å². The van der Waals surface area contributed by atoms with Gasteiger partial charge in [-0.3, -0.25) is 0 Å². The third-order valence-electron chi connectivity index (χ3n) is 4.25. The average molecular weight is 296 g/mol. The van der Waals surface area contributed by atoms with Gasteiger partial charge in [0.2, 0.25) is 0 Å². The Hall–Kier alpha value is -2.16. The molecule has 0 aliphatic carbocycles. The van der Waals surface area contributed by atoms with Crippen LogP contribution in [-0.4, -0.2) is 19.7 Å². The van der Waals surface area contributed by atoms with E-state index >= 15 is 0 Å². The van der Waals surface area contributed by atoms with Crippen LogP contribution in [0.1, 0.15) is 24.5 Å². The number of benzene rings is 2. The van der Waals surface area contributed by atoms with Gasteiger partial charge in [-0.1, -0.05) is 24.3 Å². The number of anilines is 2. The molecule has 3 rings (SSSR count). The second kappa shape index (κ2) is 6.73. The largest absolute Gasteiger partial charge is 0.492 e. The number of nitrogens with two attached hydrogens (primary N) is 1. The minimum Gasteiger partial charge on any atom is -0.492 e. The number of hydrogen-bond donors (Lipinski definition) is 1. The zero-order chi connectivity index (χ0) is 15.4. The van der Waals surface area contributed by atoms with Crippen molar-refractivity contribution in [3.8, 4) is 5.75 Å². The highest BCUT2D eigenvalue weighted by atomic mass is 16.5. The van der Waals surface area contributed by atoms with E-state index in [1.165, 1.54) is 23.2 Å². The molecule has 1 aliphatic rings. The van der Waals surface area contributed by atoms with E-state index in [1.807, 2.05) is 19.1 Å². The van der Waals surface area contributed by atoms with E-state index in [-0.39, 0.29) is 0 Å². The van der Waals surface area contributed by atoms with Gasteiger partial charge in [0.05, 0.1) is 12.3 Å². The Labute approximate surface area is 132 Å². The SMILES string of the molecule is CCOc1ccc(CCCN2CCc3ccccc32)cc1N. The van der Waals surface area contributed by atoms with Crippen LogP contribution in [0.15, 0.2) is 42.5 Å². The van der Waals surface area contributed by atoms with Crippen LogP contribution >= 0.6 is 0 Å². The first-order valence-electron chi connectivity index (χ1n) is 8.12. The smallest absolute Gasteiger partial charge is 0.142 e. The molecule has 2 aromatic carbocycles. The lowest BCUT2D eigenvalue weighted by Crippen LogP contribution is -2.22. The van der Waals surface area contributed by atoms with Crippen LogP contribution in [0.25, 0.3) is 0 Å². The number of rotatable bonds is 6. The van der Waals surface area contributed by atoms with Gasteiger partial charge in [-0.2, -0.15) is 0 Å². The van der Waals surface area contributed by atoms with Crippen molar-refractivity contribution >= 4 is 11.4 Å². The standard InChI is InChI=1S/C19H24N2O/c1-2-22-19-10-9-15(14-17(19)20)6-5-12-21-13-11-16-7-3-4-8-18(16)21/h3-4,7-10,14H,2,5-6,11-13,20H2,1H3. The van der Waals surface area contributed by atoms with Gasteiger partial charge in [0.1, 0.15) is 5.75 Å². The van der Waals surface area contributed by atoms with Crippen molar-refractivity contribution in [2.75, 3.05) is 30.3 Å². The van der Waals surface area contributed by atoms with Crippen molar-refractivity contribution in [2.24, 2.45) is 0 Å². The van der Waals surface area contributed by atoms with Crippen molar-refractivity contribution in [2.45, 2.75) is 26.2 Å². The van der Waals surface area contributed by atoms with Crippen molar-refractivity contribution in [1.82, 2.24) is 0 Å². The molecule has 3 nitrogen and oxygen atoms in total. The molecule has 0 spiro atoms. The predicted octanol–water partition coefficient (Wildman–Crippen LogP) is 3.66. The Bertz CT molecular complexity index is 639. The fourth-order valence-corrected chi connectivity index (χ4v) is 3.15. The Balaban J connectivity index is 1.55. The highest BCUT2D eigenvalue weighted by molar-refractivity contribution is 5.58. The fourth-order valence-electron chi connectivity index (χ4n) is 3.15. The number of nitrogen functional groups attached to an aromatic ring is 1. The molecule has 2 N–H and O–H groups in total. The third kappa shape index (κ3) is 3.19. The molecule has 3 heteroatoms. The minimum atomic E-state index is 0.651. The summed E-state index contributed by atoms with van der Waals surface area (Å²) >= 11 is 0. The van der Waals surface area contributed by atoms with Gasteiger partial charge in [0.15, 0.2) is 0 Å². The van der Waals surface area contributed by atoms with E-state index in [0.29, 0.717) is 6.61 Å². The molecule has 116 valence electrons. The van der Waals surface area contributed by atoms with E-state index in [4.69, 9.17) is 10.5 Å². The maximum Gasteiger partial charge on any atom is 0.142 e. The summed E-state index contributed by atoms with van der Waals surface area (Å²) in [7, 11) is 0. The van der Waals surface area contributed by atoms with Crippen molar-refractivity contribution < 1.29 is 4.74 Å². The second-order valence-corrected chi connectivity index (χ2v) is 5.77. The van der Waals surface area contributed by atoms with Crippen LogP contribution < -0.4 is 15.4 Å². The molecule has 0 unspecified atom stereocenters. The third-order valence-corrected chi connectivity index (χ3v) is 4.25. The first-order chi connectivity index (χ1) is 10.8. The Morgan fingerprint density at radius 1 is 1.18 bits per heavy atom. The van der Waals surface area contributed by atoms with Gasteiger partial charge in [-0.15, -0.1) is 0 Å². The van der Waals surface area contributed by atoms with Gasteiger partial charge in [-0.25, -0.2) is 0 Å². The quantitative estimate of drug-likeness (QED) is 0.827. The molecule has 0 fully saturated rings. The molecule has 0 saturated carbocycles. The summed E-state index contributed by atoms with van der Waals surface area (Å²) in [6.07, 6.45) is 3.36. The first-order valence-corrected chi connectivity index (χ1v) is 8.12. The van der Waals surface area contributed by atoms with Crippen LogP contribution in [0, 0.1) is 0 Å². The summed E-state index contributed by atoms with van der Waals surface area (Å²) in [5.41, 5.74) is 10.9. The molecule has 22 heavy (non-hydrogen) atoms. The van der Waals surface area contributed by atoms with E-state index < -0.39 is 0 Å². The molecule has 0 saturated heterocycles. The molecule has 0 aromatic heterocycles. The maximum atomic E-state index is 6.03. The Morgan fingerprint density at radius 2 is 2.05 bits per heavy atom. The average Bonchev–Trinajstić information content (AvgIpc) is 2.94. The lowest BCUT2D eigenvalue weighted by atomic mass is 10.1. The molecule has 1 aliphatic heterocycles. The zero-order valence-electron chi connectivity index (χ0n) is 13.2. The highest BCUT2D eigenvalue weighted by Crippen LogP contribution is 2.28. The van der Waals surface area contributed by atoms with Gasteiger partial charge < -0.3 is 15.4 Å². The van der Waals surface area contributed by atoms with E-state index in [1.54, 1.807) is 0 Å². The Kier molecular flexibility index (Phi) is 4.52. The molecule has 0 atom stereocenters. The van der Waals surface area contributed by atoms with Crippen LogP contribution in [0.2, 0.25) is 0 Å². The first kappa shape index (κ1) is 14.8. The summed E-state index contributed by atoms with van der Waals surface area (Å²) in [4.78, 5) is 2.49. The van der Waals surface area contributed by atoms with Crippen LogP contribution in [0.5, 0.6) is 5.75 Å². The molecule has 0 amide bonds. The summed E-state index contributed by atoms with van der Waals surface area (Å²) in [5.74, 6) is 0.791. The van der Waals surface area contributed by atoms with Crippen molar-refractivity contribution in [1.29, 1.82) is 0 Å². The van der Waals surface area contributed by atoms with Crippen molar-refractivity contribution in [3.63, 3.8) is 0 Å². The van der Waals surface area contributed by atoms with Crippen LogP contribution in [-0.2, 0) is 12.8 Å². The van der Waals surface area contributed by atoms with Gasteiger partial charge >= 0.3 is 0 Å². The number of hydrogen-bond acceptors (Lipinski definition) is 3. The number of aryl methyl sites for hydroxylation is 1. The number of para-hydroxylation sites is 1. The summed E-state index contributed by atoms with van der Waals surface area (Å²) in [5, 5.41) is 0. The molecular formula is C19H24N2O. The predicted molar refractivity (Wildman–Crippen MR) is 92.7 cm³/mol. The van der Waals surface area contributed by atoms with E-state index in [9.17, 15) is 0 Å². The molecule has 1 heterocycles. The molecule has 0 bridgehead atoms. The molecule has 2 aromatic rings. The fraction of sp³-hybridized carbons (Fsp3) is 0.368. The van der Waals surface area contributed by atoms with Crippen LogP contribution in [0.3, 0.4) is 0 Å². The Morgan fingerprint density at radius 3 is 2.86 bits per heavy atom. The second-order valence-electron chi connectivity index (χ2n) is 5.77. The number of ether oxygens (including phenoxy) is 1. The van der Waals surface area contributed by atoms with Gasteiger partial charge in [0, 0.05) is 18.8 Å².